The Morgan fingerprint density at radius 1 is 1.09 bits per heavy atom. The van der Waals surface area contributed by atoms with Crippen LogP contribution in [0.4, 0.5) is 8.78 Å². The largest absolute Gasteiger partial charge is 0.454 e. The van der Waals surface area contributed by atoms with Crippen molar-refractivity contribution >= 4 is 17.2 Å². The number of aromatic nitrogens is 1. The van der Waals surface area contributed by atoms with Crippen molar-refractivity contribution in [3.63, 3.8) is 0 Å². The van der Waals surface area contributed by atoms with Crippen molar-refractivity contribution in [2.75, 3.05) is 34.0 Å². The first-order chi connectivity index (χ1) is 15.4. The summed E-state index contributed by atoms with van der Waals surface area (Å²) in [6, 6.07) is 9.02. The van der Waals surface area contributed by atoms with Crippen molar-refractivity contribution in [1.29, 1.82) is 0 Å². The van der Waals surface area contributed by atoms with Crippen molar-refractivity contribution in [3.8, 4) is 22.1 Å². The third-order valence-corrected chi connectivity index (χ3v) is 5.99. The van der Waals surface area contributed by atoms with Gasteiger partial charge in [0.15, 0.2) is 11.5 Å². The second-order valence-electron chi connectivity index (χ2n) is 7.74. The van der Waals surface area contributed by atoms with E-state index in [9.17, 15) is 13.6 Å². The average Bonchev–Trinajstić information content (AvgIpc) is 3.41. The van der Waals surface area contributed by atoms with Gasteiger partial charge in [-0.05, 0) is 38.4 Å². The molecule has 1 aliphatic rings. The quantitative estimate of drug-likeness (QED) is 0.511. The van der Waals surface area contributed by atoms with E-state index >= 15 is 0 Å². The molecule has 2 aromatic carbocycles. The molecule has 0 N–H and O–H groups in total. The van der Waals surface area contributed by atoms with Crippen molar-refractivity contribution in [2.45, 2.75) is 13.0 Å². The molecule has 3 aromatic rings. The predicted octanol–water partition coefficient (Wildman–Crippen LogP) is 3.95. The summed E-state index contributed by atoms with van der Waals surface area (Å²) in [5, 5.41) is 2.62. The van der Waals surface area contributed by atoms with Crippen LogP contribution in [0, 0.1) is 11.6 Å². The van der Waals surface area contributed by atoms with Crippen LogP contribution in [0.2, 0.25) is 0 Å². The first kappa shape index (κ1) is 22.2. The van der Waals surface area contributed by atoms with Crippen LogP contribution in [0.3, 0.4) is 0 Å². The van der Waals surface area contributed by atoms with Crippen LogP contribution in [0.5, 0.6) is 11.5 Å². The number of likely N-dealkylation sites (N-methyl/N-ethyl adjacent to an activating group) is 1. The first-order valence-electron chi connectivity index (χ1n) is 10.1. The summed E-state index contributed by atoms with van der Waals surface area (Å²) in [5.41, 5.74) is 1.80. The minimum atomic E-state index is -0.661. The topological polar surface area (TPSA) is 54.9 Å². The highest BCUT2D eigenvalue weighted by atomic mass is 32.1. The fourth-order valence-electron chi connectivity index (χ4n) is 3.29. The number of carbonyl (C=O) groups is 1. The van der Waals surface area contributed by atoms with E-state index in [2.05, 4.69) is 4.98 Å². The van der Waals surface area contributed by atoms with E-state index in [-0.39, 0.29) is 31.2 Å². The molecule has 9 heteroatoms. The third kappa shape index (κ3) is 5.23. The number of amides is 1. The molecule has 0 aliphatic carbocycles. The maximum atomic E-state index is 14.2. The van der Waals surface area contributed by atoms with Crippen molar-refractivity contribution in [2.24, 2.45) is 0 Å². The van der Waals surface area contributed by atoms with Gasteiger partial charge < -0.3 is 19.3 Å². The molecule has 0 unspecified atom stereocenters. The summed E-state index contributed by atoms with van der Waals surface area (Å²) in [5.74, 6) is -0.0998. The molecule has 168 valence electrons. The molecule has 1 aliphatic heterocycles. The molecule has 0 spiro atoms. The molecule has 1 amide bonds. The monoisotopic (exact) mass is 459 g/mol. The highest BCUT2D eigenvalue weighted by molar-refractivity contribution is 7.13. The van der Waals surface area contributed by atoms with Gasteiger partial charge in [-0.3, -0.25) is 4.79 Å². The van der Waals surface area contributed by atoms with Crippen LogP contribution in [0.25, 0.3) is 10.6 Å². The first-order valence-corrected chi connectivity index (χ1v) is 11.0. The Hall–Kier alpha value is -3.04. The van der Waals surface area contributed by atoms with Gasteiger partial charge in [-0.25, -0.2) is 13.8 Å². The highest BCUT2D eigenvalue weighted by Crippen LogP contribution is 2.36. The number of halogens is 2. The van der Waals surface area contributed by atoms with Gasteiger partial charge in [-0.1, -0.05) is 6.07 Å². The Balaban J connectivity index is 1.47. The number of hydrogen-bond acceptors (Lipinski definition) is 6. The smallest absolute Gasteiger partial charge is 0.231 e. The lowest BCUT2D eigenvalue weighted by molar-refractivity contribution is -0.131. The second kappa shape index (κ2) is 9.62. The Labute approximate surface area is 189 Å². The molecule has 4 rings (SSSR count). The van der Waals surface area contributed by atoms with Crippen LogP contribution in [-0.2, 0) is 17.8 Å². The third-order valence-electron chi connectivity index (χ3n) is 5.05. The number of thiazole rings is 1. The molecule has 0 saturated heterocycles. The number of rotatable bonds is 8. The van der Waals surface area contributed by atoms with Crippen LogP contribution in [-0.4, -0.2) is 54.7 Å². The summed E-state index contributed by atoms with van der Waals surface area (Å²) < 4.78 is 38.2. The van der Waals surface area contributed by atoms with E-state index in [1.807, 2.05) is 42.6 Å². The van der Waals surface area contributed by atoms with Gasteiger partial charge in [-0.2, -0.15) is 0 Å². The van der Waals surface area contributed by atoms with Gasteiger partial charge in [-0.15, -0.1) is 11.3 Å². The molecule has 0 saturated carbocycles. The van der Waals surface area contributed by atoms with E-state index in [1.54, 1.807) is 4.90 Å². The van der Waals surface area contributed by atoms with Gasteiger partial charge in [0.2, 0.25) is 12.7 Å². The lowest BCUT2D eigenvalue weighted by atomic mass is 10.1. The fourth-order valence-corrected chi connectivity index (χ4v) is 4.10. The molecule has 0 radical (unpaired) electrons. The predicted molar refractivity (Wildman–Crippen MR) is 118 cm³/mol. The second-order valence-corrected chi connectivity index (χ2v) is 8.60. The van der Waals surface area contributed by atoms with Gasteiger partial charge in [0.25, 0.3) is 0 Å². The Bertz CT molecular complexity index is 1120. The lowest BCUT2D eigenvalue weighted by Crippen LogP contribution is -2.37. The number of ether oxygens (including phenoxy) is 2. The Kier molecular flexibility index (Phi) is 6.66. The summed E-state index contributed by atoms with van der Waals surface area (Å²) in [6.45, 7) is 1.31. The van der Waals surface area contributed by atoms with Crippen molar-refractivity contribution in [3.05, 3.63) is 64.7 Å². The lowest BCUT2D eigenvalue weighted by Gasteiger charge is -2.24. The zero-order valence-electron chi connectivity index (χ0n) is 17.8. The molecule has 6 nitrogen and oxygen atoms in total. The fraction of sp³-hybridized carbons (Fsp3) is 0.304. The molecule has 0 fully saturated rings. The van der Waals surface area contributed by atoms with Crippen LogP contribution in [0.15, 0.2) is 41.8 Å². The molecular formula is C23H23F2N3O3S. The number of carbonyl (C=O) groups excluding carboxylic acids is 1. The molecule has 0 bridgehead atoms. The Morgan fingerprint density at radius 3 is 2.69 bits per heavy atom. The maximum absolute atomic E-state index is 14.2. The van der Waals surface area contributed by atoms with Gasteiger partial charge >= 0.3 is 0 Å². The van der Waals surface area contributed by atoms with E-state index in [0.717, 1.165) is 16.6 Å². The molecule has 32 heavy (non-hydrogen) atoms. The van der Waals surface area contributed by atoms with E-state index in [4.69, 9.17) is 9.47 Å². The summed E-state index contributed by atoms with van der Waals surface area (Å²) in [6.07, 6.45) is 0.0945. The number of hydrogen-bond donors (Lipinski definition) is 0. The highest BCUT2D eigenvalue weighted by Gasteiger charge is 2.20. The minimum absolute atomic E-state index is 0.0674. The van der Waals surface area contributed by atoms with E-state index < -0.39 is 11.6 Å². The van der Waals surface area contributed by atoms with Crippen LogP contribution in [0.1, 0.15) is 11.3 Å². The number of fused-ring (bicyclic) bond motifs is 1. The van der Waals surface area contributed by atoms with Crippen LogP contribution >= 0.6 is 11.3 Å². The molecule has 1 aromatic heterocycles. The maximum Gasteiger partial charge on any atom is 0.231 e. The molecular weight excluding hydrogens is 436 g/mol. The Morgan fingerprint density at radius 2 is 1.91 bits per heavy atom. The summed E-state index contributed by atoms with van der Waals surface area (Å²) in [7, 11) is 3.80. The normalized spacial score (nSPS) is 12.4. The van der Waals surface area contributed by atoms with Crippen LogP contribution < -0.4 is 9.47 Å². The molecule has 0 atom stereocenters. The van der Waals surface area contributed by atoms with E-state index in [1.165, 1.54) is 23.5 Å². The van der Waals surface area contributed by atoms with E-state index in [0.29, 0.717) is 30.3 Å². The van der Waals surface area contributed by atoms with Gasteiger partial charge in [0, 0.05) is 42.2 Å². The summed E-state index contributed by atoms with van der Waals surface area (Å²) in [4.78, 5) is 21.2. The zero-order chi connectivity index (χ0) is 22.7. The number of benzene rings is 2. The summed E-state index contributed by atoms with van der Waals surface area (Å²) >= 11 is 1.44. The zero-order valence-corrected chi connectivity index (χ0v) is 18.6. The van der Waals surface area contributed by atoms with Crippen molar-refractivity contribution < 1.29 is 23.0 Å². The van der Waals surface area contributed by atoms with Gasteiger partial charge in [0.05, 0.1) is 12.1 Å². The standard InChI is InChI=1S/C23H23F2N3O3S/c1-27(2)7-8-28(12-16-3-5-17(24)10-19(16)25)22(29)11-18-13-32-23(26-18)15-4-6-20-21(9-15)31-14-30-20/h3-6,9-10,13H,7-8,11-12,14H2,1-2H3. The van der Waals surface area contributed by atoms with Crippen molar-refractivity contribution in [1.82, 2.24) is 14.8 Å². The minimum Gasteiger partial charge on any atom is -0.454 e. The SMILES string of the molecule is CN(C)CCN(Cc1ccc(F)cc1F)C(=O)Cc1csc(-c2ccc3c(c2)OCO3)n1. The average molecular weight is 460 g/mol. The molecule has 2 heterocycles. The number of nitrogens with zero attached hydrogens (tertiary/aromatic N) is 3. The van der Waals surface area contributed by atoms with Gasteiger partial charge in [0.1, 0.15) is 16.6 Å².